The maximum Gasteiger partial charge on any atom is 0.239 e. The van der Waals surface area contributed by atoms with Gasteiger partial charge in [0.2, 0.25) is 11.8 Å². The minimum absolute atomic E-state index is 0.149. The molecule has 2 rings (SSSR count). The van der Waals surface area contributed by atoms with E-state index in [0.717, 1.165) is 22.5 Å². The Morgan fingerprint density at radius 3 is 2.32 bits per heavy atom. The van der Waals surface area contributed by atoms with Gasteiger partial charge >= 0.3 is 0 Å². The van der Waals surface area contributed by atoms with Crippen LogP contribution in [0.2, 0.25) is 0 Å². The first-order valence-electron chi connectivity index (χ1n) is 8.26. The smallest absolute Gasteiger partial charge is 0.239 e. The molecule has 132 valence electrons. The lowest BCUT2D eigenvalue weighted by atomic mass is 10.1. The zero-order chi connectivity index (χ0) is 18.2. The quantitative estimate of drug-likeness (QED) is 0.723. The van der Waals surface area contributed by atoms with Crippen molar-refractivity contribution in [1.29, 1.82) is 0 Å². The van der Waals surface area contributed by atoms with Gasteiger partial charge in [0, 0.05) is 24.3 Å². The molecule has 0 fully saturated rings. The lowest BCUT2D eigenvalue weighted by Gasteiger charge is -2.12. The molecule has 25 heavy (non-hydrogen) atoms. The molecule has 6 nitrogen and oxygen atoms in total. The number of hydrogen-bond donors (Lipinski definition) is 3. The SMILES string of the molecule is Cc1cccc(NC(=O)CCNC(=O)CNc2c(C)cccc2C)n1. The molecule has 0 aliphatic rings. The second-order valence-corrected chi connectivity index (χ2v) is 5.93. The minimum atomic E-state index is -0.180. The van der Waals surface area contributed by atoms with Gasteiger partial charge < -0.3 is 16.0 Å². The number of nitrogens with one attached hydrogen (secondary N) is 3. The van der Waals surface area contributed by atoms with Crippen LogP contribution in [0.5, 0.6) is 0 Å². The first kappa shape index (κ1) is 18.4. The van der Waals surface area contributed by atoms with Crippen LogP contribution in [0.1, 0.15) is 23.2 Å². The van der Waals surface area contributed by atoms with E-state index in [2.05, 4.69) is 20.9 Å². The fourth-order valence-electron chi connectivity index (χ4n) is 2.46. The summed E-state index contributed by atoms with van der Waals surface area (Å²) in [6.45, 7) is 6.31. The summed E-state index contributed by atoms with van der Waals surface area (Å²) in [7, 11) is 0. The number of aromatic nitrogens is 1. The van der Waals surface area contributed by atoms with Crippen LogP contribution >= 0.6 is 0 Å². The van der Waals surface area contributed by atoms with Crippen molar-refractivity contribution in [2.45, 2.75) is 27.2 Å². The van der Waals surface area contributed by atoms with E-state index in [-0.39, 0.29) is 31.3 Å². The largest absolute Gasteiger partial charge is 0.376 e. The van der Waals surface area contributed by atoms with E-state index < -0.39 is 0 Å². The number of carbonyl (C=O) groups is 2. The summed E-state index contributed by atoms with van der Waals surface area (Å²) < 4.78 is 0. The number of rotatable bonds is 7. The van der Waals surface area contributed by atoms with Crippen molar-refractivity contribution in [2.75, 3.05) is 23.7 Å². The van der Waals surface area contributed by atoms with Crippen LogP contribution in [0.25, 0.3) is 0 Å². The van der Waals surface area contributed by atoms with Gasteiger partial charge in [0.1, 0.15) is 5.82 Å². The highest BCUT2D eigenvalue weighted by molar-refractivity contribution is 5.90. The highest BCUT2D eigenvalue weighted by atomic mass is 16.2. The van der Waals surface area contributed by atoms with Crippen molar-refractivity contribution in [1.82, 2.24) is 10.3 Å². The Balaban J connectivity index is 1.70. The minimum Gasteiger partial charge on any atom is -0.376 e. The lowest BCUT2D eigenvalue weighted by molar-refractivity contribution is -0.119. The number of benzene rings is 1. The molecular weight excluding hydrogens is 316 g/mol. The number of amides is 2. The maximum atomic E-state index is 11.9. The van der Waals surface area contributed by atoms with Crippen molar-refractivity contribution in [3.8, 4) is 0 Å². The molecule has 0 atom stereocenters. The molecule has 1 heterocycles. The van der Waals surface area contributed by atoms with Crippen molar-refractivity contribution in [2.24, 2.45) is 0 Å². The van der Waals surface area contributed by atoms with Crippen molar-refractivity contribution < 1.29 is 9.59 Å². The van der Waals surface area contributed by atoms with Gasteiger partial charge in [-0.1, -0.05) is 24.3 Å². The Morgan fingerprint density at radius 1 is 0.960 bits per heavy atom. The Bertz CT molecular complexity index is 739. The molecule has 0 saturated heterocycles. The van der Waals surface area contributed by atoms with E-state index in [1.807, 2.05) is 51.1 Å². The normalized spacial score (nSPS) is 10.2. The molecule has 0 radical (unpaired) electrons. The zero-order valence-corrected chi connectivity index (χ0v) is 14.8. The summed E-state index contributed by atoms with van der Waals surface area (Å²) in [5.41, 5.74) is 4.00. The van der Waals surface area contributed by atoms with Crippen LogP contribution in [0.3, 0.4) is 0 Å². The summed E-state index contributed by atoms with van der Waals surface area (Å²) in [6, 6.07) is 11.4. The molecule has 0 bridgehead atoms. The molecule has 0 aliphatic heterocycles. The van der Waals surface area contributed by atoms with E-state index >= 15 is 0 Å². The van der Waals surface area contributed by atoms with Gasteiger partial charge in [-0.25, -0.2) is 4.98 Å². The number of anilines is 2. The van der Waals surface area contributed by atoms with E-state index in [0.29, 0.717) is 5.82 Å². The Hall–Kier alpha value is -2.89. The first-order chi connectivity index (χ1) is 12.0. The van der Waals surface area contributed by atoms with E-state index in [4.69, 9.17) is 0 Å². The maximum absolute atomic E-state index is 11.9. The topological polar surface area (TPSA) is 83.1 Å². The van der Waals surface area contributed by atoms with Crippen LogP contribution < -0.4 is 16.0 Å². The molecule has 0 saturated carbocycles. The van der Waals surface area contributed by atoms with Gasteiger partial charge in [-0.05, 0) is 44.0 Å². The molecule has 0 aliphatic carbocycles. The van der Waals surface area contributed by atoms with Crippen LogP contribution in [-0.4, -0.2) is 29.9 Å². The number of hydrogen-bond acceptors (Lipinski definition) is 4. The monoisotopic (exact) mass is 340 g/mol. The predicted octanol–water partition coefficient (Wildman–Crippen LogP) is 2.56. The molecule has 2 amide bonds. The van der Waals surface area contributed by atoms with Crippen LogP contribution in [0.15, 0.2) is 36.4 Å². The highest BCUT2D eigenvalue weighted by Gasteiger charge is 2.07. The van der Waals surface area contributed by atoms with Crippen LogP contribution in [0.4, 0.5) is 11.5 Å². The van der Waals surface area contributed by atoms with Crippen LogP contribution in [0, 0.1) is 20.8 Å². The van der Waals surface area contributed by atoms with E-state index in [1.54, 1.807) is 6.07 Å². The molecule has 0 spiro atoms. The molecule has 1 aromatic heterocycles. The third-order valence-corrected chi connectivity index (χ3v) is 3.74. The fourth-order valence-corrected chi connectivity index (χ4v) is 2.46. The molecule has 0 unspecified atom stereocenters. The van der Waals surface area contributed by atoms with Gasteiger partial charge in [0.15, 0.2) is 0 Å². The predicted molar refractivity (Wildman–Crippen MR) is 99.6 cm³/mol. The van der Waals surface area contributed by atoms with Gasteiger partial charge in [-0.15, -0.1) is 0 Å². The van der Waals surface area contributed by atoms with Crippen molar-refractivity contribution in [3.05, 3.63) is 53.2 Å². The van der Waals surface area contributed by atoms with Gasteiger partial charge in [-0.3, -0.25) is 9.59 Å². The lowest BCUT2D eigenvalue weighted by Crippen LogP contribution is -2.32. The number of para-hydroxylation sites is 1. The number of carbonyl (C=O) groups excluding carboxylic acids is 2. The summed E-state index contributed by atoms with van der Waals surface area (Å²) in [5, 5.41) is 8.59. The Kier molecular flexibility index (Phi) is 6.51. The summed E-state index contributed by atoms with van der Waals surface area (Å²) >= 11 is 0. The summed E-state index contributed by atoms with van der Waals surface area (Å²) in [5.74, 6) is 0.193. The standard InChI is InChI=1S/C19H24N4O2/c1-13-6-4-7-14(2)19(13)21-12-18(25)20-11-10-17(24)23-16-9-5-8-15(3)22-16/h4-9,21H,10-12H2,1-3H3,(H,20,25)(H,22,23,24). The number of nitrogens with zero attached hydrogens (tertiary/aromatic N) is 1. The average molecular weight is 340 g/mol. The van der Waals surface area contributed by atoms with Crippen molar-refractivity contribution in [3.63, 3.8) is 0 Å². The second-order valence-electron chi connectivity index (χ2n) is 5.93. The molecule has 2 aromatic rings. The van der Waals surface area contributed by atoms with Gasteiger partial charge in [0.05, 0.1) is 6.54 Å². The van der Waals surface area contributed by atoms with Crippen LogP contribution in [-0.2, 0) is 9.59 Å². The number of aryl methyl sites for hydroxylation is 3. The van der Waals surface area contributed by atoms with E-state index in [1.165, 1.54) is 0 Å². The van der Waals surface area contributed by atoms with E-state index in [9.17, 15) is 9.59 Å². The Morgan fingerprint density at radius 2 is 1.64 bits per heavy atom. The third-order valence-electron chi connectivity index (χ3n) is 3.74. The van der Waals surface area contributed by atoms with Crippen molar-refractivity contribution >= 4 is 23.3 Å². The number of pyridine rings is 1. The molecule has 6 heteroatoms. The molecular formula is C19H24N4O2. The summed E-state index contributed by atoms with van der Waals surface area (Å²) in [4.78, 5) is 28.0. The average Bonchev–Trinajstić information content (AvgIpc) is 2.54. The zero-order valence-electron chi connectivity index (χ0n) is 14.8. The fraction of sp³-hybridized carbons (Fsp3) is 0.316. The molecule has 1 aromatic carbocycles. The Labute approximate surface area is 148 Å². The third kappa shape index (κ3) is 5.91. The van der Waals surface area contributed by atoms with Gasteiger partial charge in [0.25, 0.3) is 0 Å². The second kappa shape index (κ2) is 8.82. The van der Waals surface area contributed by atoms with Gasteiger partial charge in [-0.2, -0.15) is 0 Å². The summed E-state index contributed by atoms with van der Waals surface area (Å²) in [6.07, 6.45) is 0.199. The highest BCUT2D eigenvalue weighted by Crippen LogP contribution is 2.18. The first-order valence-corrected chi connectivity index (χ1v) is 8.26. The molecule has 3 N–H and O–H groups in total.